The maximum absolute atomic E-state index is 8.89. The molecule has 2 heterocycles. The molecule has 0 saturated heterocycles. The van der Waals surface area contributed by atoms with Crippen LogP contribution in [0.25, 0.3) is 11.7 Å². The number of furan rings is 1. The number of nitrogens with zero attached hydrogens (tertiary/aromatic N) is 3. The average molecular weight is 253 g/mol. The Hall–Kier alpha value is -1.70. The zero-order valence-corrected chi connectivity index (χ0v) is 9.82. The predicted molar refractivity (Wildman–Crippen MR) is 61.4 cm³/mol. The highest BCUT2D eigenvalue weighted by Crippen LogP contribution is 2.17. The van der Waals surface area contributed by atoms with Crippen molar-refractivity contribution in [2.24, 2.45) is 0 Å². The highest BCUT2D eigenvalue weighted by atomic mass is 16.5. The fourth-order valence-electron chi connectivity index (χ4n) is 1.57. The van der Waals surface area contributed by atoms with E-state index in [2.05, 4.69) is 10.1 Å². The van der Waals surface area contributed by atoms with Gasteiger partial charge in [-0.2, -0.15) is 4.98 Å². The van der Waals surface area contributed by atoms with Crippen molar-refractivity contribution in [2.45, 2.75) is 6.54 Å². The first-order chi connectivity index (χ1) is 8.83. The Kier molecular flexibility index (Phi) is 4.46. The molecular weight excluding hydrogens is 238 g/mol. The lowest BCUT2D eigenvalue weighted by molar-refractivity contribution is 0.152. The van der Waals surface area contributed by atoms with Gasteiger partial charge in [0.2, 0.25) is 0 Å². The molecule has 0 aliphatic carbocycles. The first-order valence-electron chi connectivity index (χ1n) is 5.64. The zero-order valence-electron chi connectivity index (χ0n) is 9.82. The van der Waals surface area contributed by atoms with Gasteiger partial charge >= 0.3 is 0 Å². The molecule has 0 unspecified atom stereocenters. The summed E-state index contributed by atoms with van der Waals surface area (Å²) in [7, 11) is 0. The van der Waals surface area contributed by atoms with Crippen LogP contribution < -0.4 is 0 Å². The van der Waals surface area contributed by atoms with Crippen molar-refractivity contribution in [1.29, 1.82) is 0 Å². The number of hydrogen-bond donors (Lipinski definition) is 2. The second-order valence-electron chi connectivity index (χ2n) is 3.72. The van der Waals surface area contributed by atoms with E-state index in [0.29, 0.717) is 37.1 Å². The molecule has 18 heavy (non-hydrogen) atoms. The Bertz CT molecular complexity index is 449. The smallest absolute Gasteiger partial charge is 0.293 e. The van der Waals surface area contributed by atoms with E-state index in [0.717, 1.165) is 0 Å². The molecule has 7 nitrogen and oxygen atoms in total. The van der Waals surface area contributed by atoms with Crippen molar-refractivity contribution in [2.75, 3.05) is 26.3 Å². The summed E-state index contributed by atoms with van der Waals surface area (Å²) in [4.78, 5) is 6.01. The Balaban J connectivity index is 2.01. The molecule has 7 heteroatoms. The summed E-state index contributed by atoms with van der Waals surface area (Å²) in [5.74, 6) is 1.33. The minimum absolute atomic E-state index is 0.0168. The van der Waals surface area contributed by atoms with Crippen LogP contribution in [0, 0.1) is 0 Å². The number of rotatable bonds is 7. The molecule has 0 spiro atoms. The van der Waals surface area contributed by atoms with E-state index in [9.17, 15) is 0 Å². The van der Waals surface area contributed by atoms with Gasteiger partial charge in [-0.05, 0) is 12.1 Å². The number of aliphatic hydroxyl groups excluding tert-OH is 2. The molecule has 2 rings (SSSR count). The highest BCUT2D eigenvalue weighted by molar-refractivity contribution is 5.42. The summed E-state index contributed by atoms with van der Waals surface area (Å²) >= 11 is 0. The predicted octanol–water partition coefficient (Wildman–Crippen LogP) is 0.116. The standard InChI is InChI=1S/C11H15N3O4/c15-5-3-14(4-6-16)8-10-12-11(18-13-10)9-2-1-7-17-9/h1-2,7,15-16H,3-6,8H2. The van der Waals surface area contributed by atoms with Crippen molar-refractivity contribution in [3.8, 4) is 11.7 Å². The second-order valence-corrected chi connectivity index (χ2v) is 3.72. The SMILES string of the molecule is OCCN(CCO)Cc1noc(-c2ccco2)n1. The maximum Gasteiger partial charge on any atom is 0.293 e. The van der Waals surface area contributed by atoms with Gasteiger partial charge in [0.1, 0.15) is 0 Å². The van der Waals surface area contributed by atoms with Crippen molar-refractivity contribution >= 4 is 0 Å². The van der Waals surface area contributed by atoms with Gasteiger partial charge in [-0.25, -0.2) is 0 Å². The van der Waals surface area contributed by atoms with Crippen LogP contribution in [-0.4, -0.2) is 51.6 Å². The lowest BCUT2D eigenvalue weighted by atomic mass is 10.4. The van der Waals surface area contributed by atoms with Crippen molar-refractivity contribution in [3.63, 3.8) is 0 Å². The van der Waals surface area contributed by atoms with Gasteiger partial charge in [-0.15, -0.1) is 0 Å². The summed E-state index contributed by atoms with van der Waals surface area (Å²) in [6, 6.07) is 3.47. The number of hydrogen-bond acceptors (Lipinski definition) is 7. The van der Waals surface area contributed by atoms with Gasteiger partial charge in [0.15, 0.2) is 11.6 Å². The Labute approximate surface area is 104 Å². The molecule has 0 atom stereocenters. The number of aliphatic hydroxyl groups is 2. The van der Waals surface area contributed by atoms with Gasteiger partial charge in [-0.1, -0.05) is 5.16 Å². The maximum atomic E-state index is 8.89. The fraction of sp³-hybridized carbons (Fsp3) is 0.455. The lowest BCUT2D eigenvalue weighted by Gasteiger charge is -2.17. The molecule has 0 radical (unpaired) electrons. The molecule has 0 saturated carbocycles. The molecule has 0 amide bonds. The molecule has 2 N–H and O–H groups in total. The number of aromatic nitrogens is 2. The minimum atomic E-state index is 0.0168. The third-order valence-corrected chi connectivity index (χ3v) is 2.40. The largest absolute Gasteiger partial charge is 0.459 e. The van der Waals surface area contributed by atoms with Gasteiger partial charge in [0, 0.05) is 13.1 Å². The quantitative estimate of drug-likeness (QED) is 0.723. The van der Waals surface area contributed by atoms with Crippen LogP contribution >= 0.6 is 0 Å². The highest BCUT2D eigenvalue weighted by Gasteiger charge is 2.13. The summed E-state index contributed by atoms with van der Waals surface area (Å²) in [5.41, 5.74) is 0. The molecule has 0 aliphatic heterocycles. The topological polar surface area (TPSA) is 95.8 Å². The second kappa shape index (κ2) is 6.29. The first kappa shape index (κ1) is 12.7. The van der Waals surface area contributed by atoms with Gasteiger partial charge < -0.3 is 19.2 Å². The Morgan fingerprint density at radius 2 is 2.00 bits per heavy atom. The fourth-order valence-corrected chi connectivity index (χ4v) is 1.57. The molecule has 0 aromatic carbocycles. The minimum Gasteiger partial charge on any atom is -0.459 e. The van der Waals surface area contributed by atoms with Crippen LogP contribution in [-0.2, 0) is 6.54 Å². The van der Waals surface area contributed by atoms with Gasteiger partial charge in [0.05, 0.1) is 26.0 Å². The van der Waals surface area contributed by atoms with Crippen LogP contribution in [0.2, 0.25) is 0 Å². The van der Waals surface area contributed by atoms with E-state index in [4.69, 9.17) is 19.2 Å². The van der Waals surface area contributed by atoms with Crippen LogP contribution in [0.3, 0.4) is 0 Å². The Morgan fingerprint density at radius 3 is 2.61 bits per heavy atom. The van der Waals surface area contributed by atoms with E-state index in [1.165, 1.54) is 6.26 Å². The van der Waals surface area contributed by atoms with Crippen molar-refractivity contribution in [3.05, 3.63) is 24.2 Å². The monoisotopic (exact) mass is 253 g/mol. The van der Waals surface area contributed by atoms with Crippen LogP contribution in [0.4, 0.5) is 0 Å². The van der Waals surface area contributed by atoms with Crippen LogP contribution in [0.5, 0.6) is 0 Å². The zero-order chi connectivity index (χ0) is 12.8. The molecular formula is C11H15N3O4. The summed E-state index contributed by atoms with van der Waals surface area (Å²) < 4.78 is 10.2. The third kappa shape index (κ3) is 3.16. The normalized spacial score (nSPS) is 11.3. The Morgan fingerprint density at radius 1 is 1.22 bits per heavy atom. The summed E-state index contributed by atoms with van der Waals surface area (Å²) in [6.45, 7) is 1.34. The molecule has 0 bridgehead atoms. The van der Waals surface area contributed by atoms with E-state index in [1.54, 1.807) is 12.1 Å². The van der Waals surface area contributed by atoms with E-state index < -0.39 is 0 Å². The van der Waals surface area contributed by atoms with Gasteiger partial charge in [0.25, 0.3) is 5.89 Å². The average Bonchev–Trinajstić information content (AvgIpc) is 2.98. The summed E-state index contributed by atoms with van der Waals surface area (Å²) in [6.07, 6.45) is 1.53. The lowest BCUT2D eigenvalue weighted by Crippen LogP contribution is -2.29. The van der Waals surface area contributed by atoms with E-state index >= 15 is 0 Å². The third-order valence-electron chi connectivity index (χ3n) is 2.40. The first-order valence-corrected chi connectivity index (χ1v) is 5.64. The molecule has 0 fully saturated rings. The van der Waals surface area contributed by atoms with E-state index in [-0.39, 0.29) is 13.2 Å². The summed E-state index contributed by atoms with van der Waals surface area (Å²) in [5, 5.41) is 21.6. The van der Waals surface area contributed by atoms with Crippen molar-refractivity contribution < 1.29 is 19.2 Å². The molecule has 98 valence electrons. The van der Waals surface area contributed by atoms with Gasteiger partial charge in [-0.3, -0.25) is 4.90 Å². The molecule has 2 aromatic rings. The van der Waals surface area contributed by atoms with E-state index in [1.807, 2.05) is 4.90 Å². The van der Waals surface area contributed by atoms with Crippen molar-refractivity contribution in [1.82, 2.24) is 15.0 Å². The molecule has 2 aromatic heterocycles. The molecule has 0 aliphatic rings. The van der Waals surface area contributed by atoms with Crippen LogP contribution in [0.1, 0.15) is 5.82 Å². The van der Waals surface area contributed by atoms with Crippen LogP contribution in [0.15, 0.2) is 27.3 Å².